The van der Waals surface area contributed by atoms with E-state index >= 15 is 0 Å². The predicted molar refractivity (Wildman–Crippen MR) is 155 cm³/mol. The Balaban J connectivity index is 1.38. The molecule has 0 unspecified atom stereocenters. The first kappa shape index (κ1) is 25.0. The van der Waals surface area contributed by atoms with Crippen LogP contribution in [-0.2, 0) is 15.0 Å². The van der Waals surface area contributed by atoms with E-state index in [1.807, 2.05) is 61.5 Å². The molecule has 2 atom stereocenters. The van der Waals surface area contributed by atoms with Gasteiger partial charge in [-0.25, -0.2) is 10.3 Å². The predicted octanol–water partition coefficient (Wildman–Crippen LogP) is 5.05. The third kappa shape index (κ3) is 3.58. The lowest BCUT2D eigenvalue weighted by molar-refractivity contribution is -0.122. The second-order valence-corrected chi connectivity index (χ2v) is 10.5. The number of imide groups is 1. The summed E-state index contributed by atoms with van der Waals surface area (Å²) in [5.74, 6) is -1.81. The van der Waals surface area contributed by atoms with Crippen LogP contribution in [0.1, 0.15) is 45.5 Å². The fraction of sp³-hybridized carbons (Fsp3) is 0.176. The van der Waals surface area contributed by atoms with Gasteiger partial charge in [0.15, 0.2) is 0 Å². The maximum atomic E-state index is 14.4. The lowest BCUT2D eigenvalue weighted by atomic mass is 9.47. The first-order chi connectivity index (χ1) is 20.1. The van der Waals surface area contributed by atoms with Crippen molar-refractivity contribution in [1.29, 1.82) is 0 Å². The molecule has 0 spiro atoms. The van der Waals surface area contributed by atoms with Gasteiger partial charge in [0.2, 0.25) is 11.8 Å². The molecule has 1 heterocycles. The molecule has 8 rings (SSSR count). The number of benzene rings is 4. The SMILES string of the molecule is CCOc1ccc(N2C(=O)[C@H]3C4c5ccccc5C(/C=N\NC(=O)c5ccccc5)(c5ccccc54)[C@H]3C2=O)cc1. The van der Waals surface area contributed by atoms with Crippen LogP contribution in [0.5, 0.6) is 5.75 Å². The highest BCUT2D eigenvalue weighted by molar-refractivity contribution is 6.25. The molecule has 4 aromatic rings. The van der Waals surface area contributed by atoms with Crippen LogP contribution in [0.25, 0.3) is 0 Å². The van der Waals surface area contributed by atoms with Gasteiger partial charge in [0, 0.05) is 17.7 Å². The van der Waals surface area contributed by atoms with E-state index in [-0.39, 0.29) is 23.6 Å². The van der Waals surface area contributed by atoms with Gasteiger partial charge in [0.05, 0.1) is 29.5 Å². The maximum Gasteiger partial charge on any atom is 0.271 e. The van der Waals surface area contributed by atoms with Gasteiger partial charge in [-0.1, -0.05) is 66.7 Å². The Hall–Kier alpha value is -5.04. The van der Waals surface area contributed by atoms with Crippen LogP contribution in [0.4, 0.5) is 5.69 Å². The number of nitrogens with zero attached hydrogens (tertiary/aromatic N) is 2. The van der Waals surface area contributed by atoms with Gasteiger partial charge in [-0.3, -0.25) is 14.4 Å². The lowest BCUT2D eigenvalue weighted by Gasteiger charge is -2.52. The minimum Gasteiger partial charge on any atom is -0.494 e. The molecule has 4 aliphatic rings. The maximum absolute atomic E-state index is 14.4. The van der Waals surface area contributed by atoms with Gasteiger partial charge in [-0.15, -0.1) is 0 Å². The number of nitrogens with one attached hydrogen (secondary N) is 1. The first-order valence-corrected chi connectivity index (χ1v) is 13.8. The lowest BCUT2D eigenvalue weighted by Crippen LogP contribution is -2.54. The third-order valence-corrected chi connectivity index (χ3v) is 8.56. The molecule has 41 heavy (non-hydrogen) atoms. The van der Waals surface area contributed by atoms with Crippen LogP contribution < -0.4 is 15.1 Å². The summed E-state index contributed by atoms with van der Waals surface area (Å²) in [5, 5.41) is 4.46. The van der Waals surface area contributed by atoms with E-state index in [0.29, 0.717) is 23.6 Å². The van der Waals surface area contributed by atoms with E-state index in [1.165, 1.54) is 4.90 Å². The van der Waals surface area contributed by atoms with E-state index < -0.39 is 17.3 Å². The smallest absolute Gasteiger partial charge is 0.271 e. The summed E-state index contributed by atoms with van der Waals surface area (Å²) < 4.78 is 5.57. The Morgan fingerprint density at radius 3 is 2.10 bits per heavy atom. The summed E-state index contributed by atoms with van der Waals surface area (Å²) in [6.45, 7) is 2.42. The Kier molecular flexibility index (Phi) is 5.82. The molecule has 0 aromatic heterocycles. The molecule has 2 bridgehead atoms. The van der Waals surface area contributed by atoms with E-state index in [0.717, 1.165) is 22.3 Å². The van der Waals surface area contributed by atoms with E-state index in [2.05, 4.69) is 10.5 Å². The van der Waals surface area contributed by atoms with Crippen LogP contribution in [0.3, 0.4) is 0 Å². The average molecular weight is 542 g/mol. The van der Waals surface area contributed by atoms with Crippen molar-refractivity contribution >= 4 is 29.6 Å². The zero-order valence-corrected chi connectivity index (χ0v) is 22.4. The van der Waals surface area contributed by atoms with Crippen molar-refractivity contribution in [2.24, 2.45) is 16.9 Å². The van der Waals surface area contributed by atoms with Gasteiger partial charge in [0.1, 0.15) is 5.75 Å². The van der Waals surface area contributed by atoms with E-state index in [9.17, 15) is 14.4 Å². The third-order valence-electron chi connectivity index (χ3n) is 8.56. The number of rotatable bonds is 6. The minimum absolute atomic E-state index is 0.232. The topological polar surface area (TPSA) is 88.1 Å². The number of ether oxygens (including phenoxy) is 1. The van der Waals surface area contributed by atoms with Gasteiger partial charge in [0.25, 0.3) is 5.91 Å². The van der Waals surface area contributed by atoms with E-state index in [1.54, 1.807) is 54.7 Å². The van der Waals surface area contributed by atoms with Crippen LogP contribution >= 0.6 is 0 Å². The van der Waals surface area contributed by atoms with Crippen molar-refractivity contribution in [2.75, 3.05) is 11.5 Å². The zero-order valence-electron chi connectivity index (χ0n) is 22.4. The average Bonchev–Trinajstić information content (AvgIpc) is 3.29. The summed E-state index contributed by atoms with van der Waals surface area (Å²) in [5.41, 5.74) is 6.45. The molecule has 7 heteroatoms. The molecule has 1 fully saturated rings. The molecular formula is C34H27N3O4. The monoisotopic (exact) mass is 541 g/mol. The summed E-state index contributed by atoms with van der Waals surface area (Å²) >= 11 is 0. The number of amides is 3. The largest absolute Gasteiger partial charge is 0.494 e. The van der Waals surface area contributed by atoms with E-state index in [4.69, 9.17) is 4.74 Å². The molecule has 4 aromatic carbocycles. The highest BCUT2D eigenvalue weighted by Crippen LogP contribution is 2.63. The van der Waals surface area contributed by atoms with Gasteiger partial charge in [-0.2, -0.15) is 5.10 Å². The Bertz CT molecular complexity index is 1670. The first-order valence-electron chi connectivity index (χ1n) is 13.8. The van der Waals surface area contributed by atoms with Crippen LogP contribution in [-0.4, -0.2) is 30.5 Å². The molecular weight excluding hydrogens is 514 g/mol. The molecule has 202 valence electrons. The number of anilines is 1. The van der Waals surface area contributed by atoms with Crippen molar-refractivity contribution in [3.05, 3.63) is 131 Å². The summed E-state index contributed by atoms with van der Waals surface area (Å²) in [4.78, 5) is 42.9. The number of carbonyl (C=O) groups excluding carboxylic acids is 3. The molecule has 0 saturated carbocycles. The Labute approximate surface area is 237 Å². The highest BCUT2D eigenvalue weighted by Gasteiger charge is 2.68. The quantitative estimate of drug-likeness (QED) is 0.210. The molecule has 3 amide bonds. The van der Waals surface area contributed by atoms with Gasteiger partial charge < -0.3 is 4.74 Å². The van der Waals surface area contributed by atoms with Crippen molar-refractivity contribution in [1.82, 2.24) is 5.43 Å². The number of hydrogen-bond acceptors (Lipinski definition) is 5. The van der Waals surface area contributed by atoms with Gasteiger partial charge in [-0.05, 0) is 65.6 Å². The summed E-state index contributed by atoms with van der Waals surface area (Å²) in [7, 11) is 0. The molecule has 1 aliphatic heterocycles. The second-order valence-electron chi connectivity index (χ2n) is 10.5. The Morgan fingerprint density at radius 1 is 0.854 bits per heavy atom. The standard InChI is InChI=1S/C34H27N3O4/c1-2-41-23-18-16-22(17-19-23)37-32(39)29-28-24-12-6-8-14-26(24)34(30(29)33(37)40,27-15-9-7-13-25(27)28)20-35-36-31(38)21-10-4-3-5-11-21/h3-20,28-30H,2H2,1H3,(H,36,38)/b35-20-/t28?,29-,30+,34?/m0/s1. The van der Waals surface area contributed by atoms with Crippen molar-refractivity contribution in [2.45, 2.75) is 18.3 Å². The van der Waals surface area contributed by atoms with Crippen LogP contribution in [0.15, 0.2) is 108 Å². The normalized spacial score (nSPS) is 23.7. The van der Waals surface area contributed by atoms with Crippen molar-refractivity contribution in [3.8, 4) is 5.75 Å². The summed E-state index contributed by atoms with van der Waals surface area (Å²) in [6, 6.07) is 31.8. The second kappa shape index (κ2) is 9.55. The molecule has 1 N–H and O–H groups in total. The van der Waals surface area contributed by atoms with Crippen LogP contribution in [0.2, 0.25) is 0 Å². The van der Waals surface area contributed by atoms with Crippen molar-refractivity contribution in [3.63, 3.8) is 0 Å². The minimum atomic E-state index is -1.05. The number of hydrogen-bond donors (Lipinski definition) is 1. The van der Waals surface area contributed by atoms with Crippen LogP contribution in [0, 0.1) is 11.8 Å². The molecule has 0 radical (unpaired) electrons. The molecule has 1 saturated heterocycles. The summed E-state index contributed by atoms with van der Waals surface area (Å²) in [6.07, 6.45) is 1.67. The molecule has 3 aliphatic carbocycles. The zero-order chi connectivity index (χ0) is 28.1. The highest BCUT2D eigenvalue weighted by atomic mass is 16.5. The fourth-order valence-electron chi connectivity index (χ4n) is 7.01. The molecule has 7 nitrogen and oxygen atoms in total. The number of hydrazone groups is 1. The number of carbonyl (C=O) groups is 3. The van der Waals surface area contributed by atoms with Gasteiger partial charge >= 0.3 is 0 Å². The van der Waals surface area contributed by atoms with Crippen molar-refractivity contribution < 1.29 is 19.1 Å². The fourth-order valence-corrected chi connectivity index (χ4v) is 7.01. The Morgan fingerprint density at radius 2 is 1.46 bits per heavy atom.